The fourth-order valence-electron chi connectivity index (χ4n) is 2.59. The van der Waals surface area contributed by atoms with E-state index in [1.54, 1.807) is 0 Å². The summed E-state index contributed by atoms with van der Waals surface area (Å²) in [5.74, 6) is -1.04. The Morgan fingerprint density at radius 1 is 1.26 bits per heavy atom. The number of Topliss-reactive ketones (excluding diaryl/α,β-unsaturated/α-hetero) is 1. The van der Waals surface area contributed by atoms with Gasteiger partial charge in [0.2, 0.25) is 0 Å². The number of para-hydroxylation sites is 1. The zero-order valence-corrected chi connectivity index (χ0v) is 14.2. The zero-order chi connectivity index (χ0) is 17.0. The van der Waals surface area contributed by atoms with Crippen LogP contribution in [0.4, 0.5) is 0 Å². The number of aromatic nitrogens is 1. The first kappa shape index (κ1) is 17.2. The highest BCUT2D eigenvalue weighted by Gasteiger charge is 2.23. The molecular weight excluding hydrogens is 292 g/mol. The number of nitrogens with one attached hydrogen (secondary N) is 1. The van der Waals surface area contributed by atoms with Crippen LogP contribution in [0.25, 0.3) is 10.9 Å². The van der Waals surface area contributed by atoms with E-state index in [-0.39, 0.29) is 6.10 Å². The first-order valence-electron chi connectivity index (χ1n) is 7.91. The number of nitrogens with zero attached hydrogens (tertiary/aromatic N) is 1. The number of hydrogen-bond donors (Lipinski definition) is 1. The van der Waals surface area contributed by atoms with Gasteiger partial charge in [-0.2, -0.15) is 0 Å². The first-order valence-corrected chi connectivity index (χ1v) is 7.91. The molecular formula is C18H24N2O3. The highest BCUT2D eigenvalue weighted by Crippen LogP contribution is 2.25. The fraction of sp³-hybridized carbons (Fsp3) is 0.444. The Hall–Kier alpha value is -2.14. The summed E-state index contributed by atoms with van der Waals surface area (Å²) in [6.45, 7) is 6.79. The predicted molar refractivity (Wildman–Crippen MR) is 90.7 cm³/mol. The lowest BCUT2D eigenvalue weighted by Crippen LogP contribution is -2.32. The number of rotatable bonds is 7. The van der Waals surface area contributed by atoms with Crippen molar-refractivity contribution in [3.8, 4) is 0 Å². The standard InChI is InChI=1S/C18H24N2O3/c1-12(2)23-11-7-10-19-18(22)17(21)16-13(3)20(4)15-9-6-5-8-14(15)16/h5-6,8-9,12H,7,10-11H2,1-4H3,(H,19,22). The molecule has 2 rings (SSSR count). The lowest BCUT2D eigenvalue weighted by atomic mass is 10.1. The van der Waals surface area contributed by atoms with Crippen LogP contribution in [0.15, 0.2) is 24.3 Å². The third-order valence-electron chi connectivity index (χ3n) is 3.89. The van der Waals surface area contributed by atoms with Gasteiger partial charge in [-0.1, -0.05) is 18.2 Å². The molecule has 0 bridgehead atoms. The maximum absolute atomic E-state index is 12.5. The van der Waals surface area contributed by atoms with Crippen molar-refractivity contribution in [3.63, 3.8) is 0 Å². The molecule has 1 heterocycles. The minimum absolute atomic E-state index is 0.172. The number of fused-ring (bicyclic) bond motifs is 1. The molecule has 0 aliphatic carbocycles. The summed E-state index contributed by atoms with van der Waals surface area (Å²) in [5, 5.41) is 3.49. The molecule has 124 valence electrons. The molecule has 0 atom stereocenters. The van der Waals surface area contributed by atoms with Crippen LogP contribution in [-0.4, -0.2) is 35.5 Å². The topological polar surface area (TPSA) is 60.3 Å². The Kier molecular flexibility index (Phi) is 5.55. The van der Waals surface area contributed by atoms with Crippen LogP contribution in [0.1, 0.15) is 36.3 Å². The van der Waals surface area contributed by atoms with E-state index in [2.05, 4.69) is 5.32 Å². The molecule has 2 aromatic rings. The molecule has 1 aromatic carbocycles. The number of amides is 1. The van der Waals surface area contributed by atoms with Crippen molar-refractivity contribution in [1.29, 1.82) is 0 Å². The quantitative estimate of drug-likeness (QED) is 0.485. The number of ketones is 1. The van der Waals surface area contributed by atoms with Crippen LogP contribution in [-0.2, 0) is 16.6 Å². The van der Waals surface area contributed by atoms with Crippen molar-refractivity contribution in [3.05, 3.63) is 35.5 Å². The summed E-state index contributed by atoms with van der Waals surface area (Å²) < 4.78 is 7.35. The minimum atomic E-state index is -0.561. The monoisotopic (exact) mass is 316 g/mol. The Morgan fingerprint density at radius 3 is 2.65 bits per heavy atom. The Balaban J connectivity index is 2.06. The number of aryl methyl sites for hydroxylation is 1. The summed E-state index contributed by atoms with van der Waals surface area (Å²) in [4.78, 5) is 24.6. The summed E-state index contributed by atoms with van der Waals surface area (Å²) in [7, 11) is 1.90. The zero-order valence-electron chi connectivity index (χ0n) is 14.2. The summed E-state index contributed by atoms with van der Waals surface area (Å²) >= 11 is 0. The Labute approximate surface area is 136 Å². The van der Waals surface area contributed by atoms with E-state index in [4.69, 9.17) is 4.74 Å². The van der Waals surface area contributed by atoms with E-state index in [0.717, 1.165) is 16.6 Å². The third-order valence-corrected chi connectivity index (χ3v) is 3.89. The SMILES string of the molecule is Cc1c(C(=O)C(=O)NCCCOC(C)C)c2ccccc2n1C. The maximum atomic E-state index is 12.5. The lowest BCUT2D eigenvalue weighted by Gasteiger charge is -2.08. The summed E-state index contributed by atoms with van der Waals surface area (Å²) in [5.41, 5.74) is 2.24. The van der Waals surface area contributed by atoms with Gasteiger partial charge in [-0.15, -0.1) is 0 Å². The van der Waals surface area contributed by atoms with Gasteiger partial charge in [0.25, 0.3) is 11.7 Å². The van der Waals surface area contributed by atoms with Crippen molar-refractivity contribution in [2.75, 3.05) is 13.2 Å². The molecule has 5 nitrogen and oxygen atoms in total. The van der Waals surface area contributed by atoms with Gasteiger partial charge >= 0.3 is 0 Å². The highest BCUT2D eigenvalue weighted by atomic mass is 16.5. The van der Waals surface area contributed by atoms with Gasteiger partial charge in [0.15, 0.2) is 0 Å². The molecule has 1 N–H and O–H groups in total. The molecule has 23 heavy (non-hydrogen) atoms. The van der Waals surface area contributed by atoms with Gasteiger partial charge in [0, 0.05) is 36.8 Å². The van der Waals surface area contributed by atoms with E-state index < -0.39 is 11.7 Å². The van der Waals surface area contributed by atoms with Crippen LogP contribution in [0.3, 0.4) is 0 Å². The van der Waals surface area contributed by atoms with Crippen molar-refractivity contribution < 1.29 is 14.3 Å². The Bertz CT molecular complexity index is 716. The summed E-state index contributed by atoms with van der Waals surface area (Å²) in [6.07, 6.45) is 0.858. The van der Waals surface area contributed by atoms with Gasteiger partial charge in [0.05, 0.1) is 11.7 Å². The molecule has 5 heteroatoms. The molecule has 1 aromatic heterocycles. The lowest BCUT2D eigenvalue weighted by molar-refractivity contribution is -0.117. The fourth-order valence-corrected chi connectivity index (χ4v) is 2.59. The van der Waals surface area contributed by atoms with Gasteiger partial charge in [-0.05, 0) is 33.3 Å². The second-order valence-electron chi connectivity index (χ2n) is 5.89. The van der Waals surface area contributed by atoms with Gasteiger partial charge in [-0.25, -0.2) is 0 Å². The number of benzene rings is 1. The minimum Gasteiger partial charge on any atom is -0.379 e. The van der Waals surface area contributed by atoms with E-state index in [9.17, 15) is 9.59 Å². The van der Waals surface area contributed by atoms with Gasteiger partial charge < -0.3 is 14.6 Å². The summed E-state index contributed by atoms with van der Waals surface area (Å²) in [6, 6.07) is 7.62. The predicted octanol–water partition coefficient (Wildman–Crippen LogP) is 2.60. The molecule has 0 fully saturated rings. The van der Waals surface area contributed by atoms with Gasteiger partial charge in [0.1, 0.15) is 0 Å². The largest absolute Gasteiger partial charge is 0.379 e. The number of hydrogen-bond acceptors (Lipinski definition) is 3. The number of ether oxygens (including phenoxy) is 1. The molecule has 0 spiro atoms. The molecule has 0 saturated carbocycles. The molecule has 1 amide bonds. The highest BCUT2D eigenvalue weighted by molar-refractivity contribution is 6.45. The molecule has 0 radical (unpaired) electrons. The second-order valence-corrected chi connectivity index (χ2v) is 5.89. The smallest absolute Gasteiger partial charge is 0.292 e. The molecule has 0 aliphatic heterocycles. The van der Waals surface area contributed by atoms with Crippen LogP contribution in [0.2, 0.25) is 0 Å². The Morgan fingerprint density at radius 2 is 1.96 bits per heavy atom. The first-order chi connectivity index (χ1) is 10.9. The van der Waals surface area contributed by atoms with Crippen LogP contribution in [0, 0.1) is 6.92 Å². The van der Waals surface area contributed by atoms with Crippen molar-refractivity contribution >= 4 is 22.6 Å². The van der Waals surface area contributed by atoms with Crippen LogP contribution < -0.4 is 5.32 Å². The van der Waals surface area contributed by atoms with E-state index in [0.29, 0.717) is 25.1 Å². The molecule has 0 aliphatic rings. The van der Waals surface area contributed by atoms with Crippen molar-refractivity contribution in [1.82, 2.24) is 9.88 Å². The van der Waals surface area contributed by atoms with E-state index >= 15 is 0 Å². The normalized spacial score (nSPS) is 11.2. The van der Waals surface area contributed by atoms with E-state index in [1.807, 2.05) is 56.7 Å². The maximum Gasteiger partial charge on any atom is 0.292 e. The number of carbonyl (C=O) groups is 2. The average Bonchev–Trinajstić information content (AvgIpc) is 2.78. The van der Waals surface area contributed by atoms with E-state index in [1.165, 1.54) is 0 Å². The van der Waals surface area contributed by atoms with Crippen molar-refractivity contribution in [2.24, 2.45) is 7.05 Å². The number of carbonyl (C=O) groups excluding carboxylic acids is 2. The molecule has 0 saturated heterocycles. The average molecular weight is 316 g/mol. The molecule has 0 unspecified atom stereocenters. The van der Waals surface area contributed by atoms with Crippen LogP contribution >= 0.6 is 0 Å². The third kappa shape index (κ3) is 3.79. The van der Waals surface area contributed by atoms with Crippen molar-refractivity contribution in [2.45, 2.75) is 33.3 Å². The van der Waals surface area contributed by atoms with Crippen LogP contribution in [0.5, 0.6) is 0 Å². The van der Waals surface area contributed by atoms with Gasteiger partial charge in [-0.3, -0.25) is 9.59 Å². The second kappa shape index (κ2) is 7.42.